The molecule has 1 aromatic rings. The van der Waals surface area contributed by atoms with E-state index in [-0.39, 0.29) is 0 Å². The van der Waals surface area contributed by atoms with Crippen LogP contribution < -0.4 is 5.32 Å². The Hall–Kier alpha value is -0.860. The third kappa shape index (κ3) is 3.24. The molecule has 20 heavy (non-hydrogen) atoms. The Morgan fingerprint density at radius 2 is 1.95 bits per heavy atom. The highest BCUT2D eigenvalue weighted by Gasteiger charge is 2.28. The second kappa shape index (κ2) is 6.73. The molecular weight excluding hydrogens is 244 g/mol. The monoisotopic (exact) mass is 272 g/mol. The molecule has 1 unspecified atom stereocenters. The van der Waals surface area contributed by atoms with Crippen LogP contribution in [0.2, 0.25) is 0 Å². The van der Waals surface area contributed by atoms with Gasteiger partial charge in [-0.25, -0.2) is 0 Å². The van der Waals surface area contributed by atoms with Gasteiger partial charge in [0, 0.05) is 12.6 Å². The molecule has 1 atom stereocenters. The van der Waals surface area contributed by atoms with Crippen LogP contribution in [-0.2, 0) is 12.8 Å². The topological polar surface area (TPSA) is 15.3 Å². The Morgan fingerprint density at radius 3 is 2.55 bits per heavy atom. The summed E-state index contributed by atoms with van der Waals surface area (Å²) < 4.78 is 0. The fraction of sp³-hybridized carbons (Fsp3) is 0.667. The van der Waals surface area contributed by atoms with Gasteiger partial charge in [-0.3, -0.25) is 4.90 Å². The van der Waals surface area contributed by atoms with E-state index in [4.69, 9.17) is 0 Å². The first-order valence-electron chi connectivity index (χ1n) is 8.38. The van der Waals surface area contributed by atoms with Gasteiger partial charge >= 0.3 is 0 Å². The molecule has 1 aromatic carbocycles. The normalized spacial score (nSPS) is 23.2. The fourth-order valence-electron chi connectivity index (χ4n) is 3.92. The summed E-state index contributed by atoms with van der Waals surface area (Å²) in [4.78, 5) is 2.78. The van der Waals surface area contributed by atoms with Crippen LogP contribution in [0.5, 0.6) is 0 Å². The highest BCUT2D eigenvalue weighted by Crippen LogP contribution is 2.26. The van der Waals surface area contributed by atoms with Crippen molar-refractivity contribution in [3.8, 4) is 0 Å². The zero-order valence-corrected chi connectivity index (χ0v) is 12.8. The van der Waals surface area contributed by atoms with E-state index < -0.39 is 0 Å². The van der Waals surface area contributed by atoms with Crippen LogP contribution in [-0.4, -0.2) is 37.1 Å². The minimum absolute atomic E-state index is 0.745. The second-order valence-electron chi connectivity index (χ2n) is 6.54. The smallest absolute Gasteiger partial charge is 0.0176 e. The van der Waals surface area contributed by atoms with Gasteiger partial charge in [0.25, 0.3) is 0 Å². The van der Waals surface area contributed by atoms with Crippen molar-refractivity contribution in [1.82, 2.24) is 10.2 Å². The number of piperidine rings is 1. The quantitative estimate of drug-likeness (QED) is 0.886. The summed E-state index contributed by atoms with van der Waals surface area (Å²) in [6.07, 6.45) is 6.56. The maximum absolute atomic E-state index is 3.56. The first kappa shape index (κ1) is 14.1. The molecule has 0 aromatic heterocycles. The zero-order valence-electron chi connectivity index (χ0n) is 12.8. The summed E-state index contributed by atoms with van der Waals surface area (Å²) >= 11 is 0. The van der Waals surface area contributed by atoms with Crippen molar-refractivity contribution < 1.29 is 0 Å². The molecule has 0 saturated carbocycles. The Bertz CT molecular complexity index is 398. The number of fused-ring (bicyclic) bond motifs is 1. The van der Waals surface area contributed by atoms with Crippen molar-refractivity contribution in [2.75, 3.05) is 26.2 Å². The minimum atomic E-state index is 0.745. The van der Waals surface area contributed by atoms with Crippen LogP contribution in [0.4, 0.5) is 0 Å². The van der Waals surface area contributed by atoms with Gasteiger partial charge in [0.1, 0.15) is 0 Å². The van der Waals surface area contributed by atoms with E-state index in [1.165, 1.54) is 58.3 Å². The summed E-state index contributed by atoms with van der Waals surface area (Å²) in [5, 5.41) is 3.56. The zero-order chi connectivity index (χ0) is 13.8. The lowest BCUT2D eigenvalue weighted by atomic mass is 9.98. The average molecular weight is 272 g/mol. The van der Waals surface area contributed by atoms with Crippen molar-refractivity contribution in [2.24, 2.45) is 5.92 Å². The van der Waals surface area contributed by atoms with Crippen molar-refractivity contribution in [3.05, 3.63) is 35.4 Å². The first-order chi connectivity index (χ1) is 9.86. The third-order valence-electron chi connectivity index (χ3n) is 4.95. The molecule has 2 heteroatoms. The molecule has 0 amide bonds. The summed E-state index contributed by atoms with van der Waals surface area (Å²) in [6.45, 7) is 7.31. The van der Waals surface area contributed by atoms with E-state index in [2.05, 4.69) is 41.4 Å². The molecule has 1 N–H and O–H groups in total. The highest BCUT2D eigenvalue weighted by atomic mass is 15.2. The van der Waals surface area contributed by atoms with Crippen molar-refractivity contribution in [1.29, 1.82) is 0 Å². The molecule has 1 saturated heterocycles. The maximum atomic E-state index is 3.56. The third-order valence-corrected chi connectivity index (χ3v) is 4.95. The van der Waals surface area contributed by atoms with Gasteiger partial charge in [0.2, 0.25) is 0 Å². The van der Waals surface area contributed by atoms with Crippen molar-refractivity contribution in [2.45, 2.75) is 45.1 Å². The molecule has 1 heterocycles. The van der Waals surface area contributed by atoms with Crippen LogP contribution >= 0.6 is 0 Å². The molecular formula is C18H28N2. The van der Waals surface area contributed by atoms with Crippen LogP contribution in [0.15, 0.2) is 24.3 Å². The highest BCUT2D eigenvalue weighted by molar-refractivity contribution is 5.33. The number of benzene rings is 1. The van der Waals surface area contributed by atoms with E-state index >= 15 is 0 Å². The number of hydrogen-bond acceptors (Lipinski definition) is 2. The lowest BCUT2D eigenvalue weighted by Gasteiger charge is -2.34. The van der Waals surface area contributed by atoms with Crippen molar-refractivity contribution in [3.63, 3.8) is 0 Å². The van der Waals surface area contributed by atoms with Crippen LogP contribution in [0, 0.1) is 5.92 Å². The molecule has 1 aliphatic carbocycles. The Morgan fingerprint density at radius 1 is 1.20 bits per heavy atom. The van der Waals surface area contributed by atoms with Gasteiger partial charge < -0.3 is 5.32 Å². The first-order valence-corrected chi connectivity index (χ1v) is 8.38. The molecule has 110 valence electrons. The van der Waals surface area contributed by atoms with E-state index in [0.717, 1.165) is 12.0 Å². The predicted octanol–water partition coefficient (Wildman–Crippen LogP) is 2.87. The molecule has 1 aliphatic heterocycles. The Kier molecular flexibility index (Phi) is 4.74. The van der Waals surface area contributed by atoms with Gasteiger partial charge in [-0.05, 0) is 68.8 Å². The standard InChI is InChI=1S/C18H28N2/c1-2-10-20(14-15-6-5-9-19-13-15)18-11-16-7-3-4-8-17(16)12-18/h3-4,7-8,15,18-19H,2,5-6,9-14H2,1H3. The van der Waals surface area contributed by atoms with E-state index in [0.29, 0.717) is 0 Å². The number of nitrogens with one attached hydrogen (secondary N) is 1. The fourth-order valence-corrected chi connectivity index (χ4v) is 3.92. The SMILES string of the molecule is CCCN(CC1CCCNC1)C1Cc2ccccc2C1. The predicted molar refractivity (Wildman–Crippen MR) is 85.1 cm³/mol. The number of hydrogen-bond donors (Lipinski definition) is 1. The van der Waals surface area contributed by atoms with Gasteiger partial charge in [-0.15, -0.1) is 0 Å². The molecule has 2 aliphatic rings. The van der Waals surface area contributed by atoms with Crippen molar-refractivity contribution >= 4 is 0 Å². The summed E-state index contributed by atoms with van der Waals surface area (Å²) in [6, 6.07) is 9.77. The van der Waals surface area contributed by atoms with Gasteiger partial charge in [-0.1, -0.05) is 31.2 Å². The van der Waals surface area contributed by atoms with E-state index in [1.54, 1.807) is 11.1 Å². The molecule has 0 radical (unpaired) electrons. The molecule has 3 rings (SSSR count). The number of rotatable bonds is 5. The van der Waals surface area contributed by atoms with Crippen LogP contribution in [0.3, 0.4) is 0 Å². The number of nitrogens with zero attached hydrogens (tertiary/aromatic N) is 1. The average Bonchev–Trinajstić information content (AvgIpc) is 2.92. The summed E-state index contributed by atoms with van der Waals surface area (Å²) in [5.74, 6) is 0.860. The van der Waals surface area contributed by atoms with Gasteiger partial charge in [0.05, 0.1) is 0 Å². The van der Waals surface area contributed by atoms with Crippen LogP contribution in [0.25, 0.3) is 0 Å². The lowest BCUT2D eigenvalue weighted by molar-refractivity contribution is 0.157. The second-order valence-corrected chi connectivity index (χ2v) is 6.54. The minimum Gasteiger partial charge on any atom is -0.316 e. The maximum Gasteiger partial charge on any atom is 0.0176 e. The van der Waals surface area contributed by atoms with Gasteiger partial charge in [0.15, 0.2) is 0 Å². The largest absolute Gasteiger partial charge is 0.316 e. The lowest BCUT2D eigenvalue weighted by Crippen LogP contribution is -2.43. The van der Waals surface area contributed by atoms with Crippen LogP contribution in [0.1, 0.15) is 37.3 Å². The van der Waals surface area contributed by atoms with E-state index in [9.17, 15) is 0 Å². The summed E-state index contributed by atoms with van der Waals surface area (Å²) in [7, 11) is 0. The molecule has 1 fully saturated rings. The van der Waals surface area contributed by atoms with E-state index in [1.807, 2.05) is 0 Å². The Labute approximate surface area is 123 Å². The molecule has 0 spiro atoms. The molecule has 2 nitrogen and oxygen atoms in total. The summed E-state index contributed by atoms with van der Waals surface area (Å²) in [5.41, 5.74) is 3.17. The Balaban J connectivity index is 1.62. The molecule has 0 bridgehead atoms. The van der Waals surface area contributed by atoms with Gasteiger partial charge in [-0.2, -0.15) is 0 Å².